The fourth-order valence-electron chi connectivity index (χ4n) is 2.74. The molecule has 118 valence electrons. The highest BCUT2D eigenvalue weighted by atomic mass is 35.5. The second-order valence-corrected chi connectivity index (χ2v) is 6.24. The molecule has 0 spiro atoms. The van der Waals surface area contributed by atoms with E-state index in [0.29, 0.717) is 11.6 Å². The van der Waals surface area contributed by atoms with Gasteiger partial charge < -0.3 is 9.80 Å². The topological polar surface area (TPSA) is 55.5 Å². The van der Waals surface area contributed by atoms with Crippen molar-refractivity contribution in [2.75, 3.05) is 51.7 Å². The Labute approximate surface area is 134 Å². The molecule has 0 unspecified atom stereocenters. The summed E-state index contributed by atoms with van der Waals surface area (Å²) in [6, 6.07) is 3.87. The van der Waals surface area contributed by atoms with Crippen LogP contribution in [-0.4, -0.2) is 72.7 Å². The standard InChI is InChI=1S/C15H20ClN5O/c1-19(2)15(22)10-20-3-5-21(6-4-20)14-8-11(16)7-13-12(14)9-17-18-13/h7-9H,3-6,10H2,1-2H3,(H,17,18). The molecular weight excluding hydrogens is 302 g/mol. The lowest BCUT2D eigenvalue weighted by atomic mass is 10.2. The van der Waals surface area contributed by atoms with Crippen molar-refractivity contribution in [1.29, 1.82) is 0 Å². The van der Waals surface area contributed by atoms with Gasteiger partial charge in [-0.1, -0.05) is 11.6 Å². The SMILES string of the molecule is CN(C)C(=O)CN1CCN(c2cc(Cl)cc3[nH]ncc23)CC1. The van der Waals surface area contributed by atoms with Crippen molar-refractivity contribution in [1.82, 2.24) is 20.0 Å². The number of halogens is 1. The maximum Gasteiger partial charge on any atom is 0.236 e. The summed E-state index contributed by atoms with van der Waals surface area (Å²) in [5, 5.41) is 8.86. The number of likely N-dealkylation sites (N-methyl/N-ethyl adjacent to an activating group) is 1. The average Bonchev–Trinajstić information content (AvgIpc) is 2.95. The summed E-state index contributed by atoms with van der Waals surface area (Å²) >= 11 is 6.20. The Kier molecular flexibility index (Phi) is 4.22. The molecule has 0 radical (unpaired) electrons. The summed E-state index contributed by atoms with van der Waals surface area (Å²) < 4.78 is 0. The van der Waals surface area contributed by atoms with Crippen molar-refractivity contribution in [2.24, 2.45) is 0 Å². The summed E-state index contributed by atoms with van der Waals surface area (Å²) in [6.07, 6.45) is 1.84. The maximum atomic E-state index is 11.8. The van der Waals surface area contributed by atoms with Gasteiger partial charge in [0.15, 0.2) is 0 Å². The summed E-state index contributed by atoms with van der Waals surface area (Å²) in [5.41, 5.74) is 2.06. The van der Waals surface area contributed by atoms with E-state index in [9.17, 15) is 4.79 Å². The maximum absolute atomic E-state index is 11.8. The Bertz CT molecular complexity index is 676. The van der Waals surface area contributed by atoms with Crippen LogP contribution in [-0.2, 0) is 4.79 Å². The van der Waals surface area contributed by atoms with E-state index in [2.05, 4.69) is 20.0 Å². The fraction of sp³-hybridized carbons (Fsp3) is 0.467. The molecule has 1 amide bonds. The molecule has 0 aliphatic carbocycles. The van der Waals surface area contributed by atoms with Gasteiger partial charge in [-0.15, -0.1) is 0 Å². The first-order valence-corrected chi connectivity index (χ1v) is 7.72. The van der Waals surface area contributed by atoms with Gasteiger partial charge in [0.2, 0.25) is 5.91 Å². The van der Waals surface area contributed by atoms with Crippen LogP contribution in [0.4, 0.5) is 5.69 Å². The zero-order chi connectivity index (χ0) is 15.7. The Morgan fingerprint density at radius 3 is 2.73 bits per heavy atom. The number of carbonyl (C=O) groups is 1. The molecule has 0 atom stereocenters. The van der Waals surface area contributed by atoms with Crippen LogP contribution in [0.25, 0.3) is 10.9 Å². The smallest absolute Gasteiger partial charge is 0.236 e. The molecule has 1 aromatic carbocycles. The van der Waals surface area contributed by atoms with E-state index in [4.69, 9.17) is 11.6 Å². The highest BCUT2D eigenvalue weighted by molar-refractivity contribution is 6.31. The van der Waals surface area contributed by atoms with Crippen molar-refractivity contribution < 1.29 is 4.79 Å². The quantitative estimate of drug-likeness (QED) is 0.929. The second-order valence-electron chi connectivity index (χ2n) is 5.81. The van der Waals surface area contributed by atoms with Crippen molar-refractivity contribution in [2.45, 2.75) is 0 Å². The molecule has 7 heteroatoms. The minimum absolute atomic E-state index is 0.147. The largest absolute Gasteiger partial charge is 0.368 e. The first kappa shape index (κ1) is 15.1. The number of benzene rings is 1. The molecule has 1 N–H and O–H groups in total. The molecule has 22 heavy (non-hydrogen) atoms. The van der Waals surface area contributed by atoms with E-state index >= 15 is 0 Å². The predicted octanol–water partition coefficient (Wildman–Crippen LogP) is 1.43. The molecular formula is C15H20ClN5O. The number of nitrogens with zero attached hydrogens (tertiary/aromatic N) is 4. The zero-order valence-corrected chi connectivity index (χ0v) is 13.6. The molecule has 6 nitrogen and oxygen atoms in total. The number of hydrogen-bond donors (Lipinski definition) is 1. The molecule has 3 rings (SSSR count). The van der Waals surface area contributed by atoms with Gasteiger partial charge in [0.1, 0.15) is 0 Å². The number of piperazine rings is 1. The van der Waals surface area contributed by atoms with Crippen LogP contribution in [0.3, 0.4) is 0 Å². The number of fused-ring (bicyclic) bond motifs is 1. The van der Waals surface area contributed by atoms with Crippen LogP contribution in [0.15, 0.2) is 18.3 Å². The minimum Gasteiger partial charge on any atom is -0.368 e. The van der Waals surface area contributed by atoms with E-state index in [-0.39, 0.29) is 5.91 Å². The van der Waals surface area contributed by atoms with Crippen LogP contribution >= 0.6 is 11.6 Å². The molecule has 2 heterocycles. The van der Waals surface area contributed by atoms with Gasteiger partial charge in [0.25, 0.3) is 0 Å². The second kappa shape index (κ2) is 6.14. The minimum atomic E-state index is 0.147. The van der Waals surface area contributed by atoms with E-state index in [0.717, 1.165) is 42.8 Å². The van der Waals surface area contributed by atoms with Crippen molar-refractivity contribution >= 4 is 34.1 Å². The van der Waals surface area contributed by atoms with E-state index in [1.54, 1.807) is 19.0 Å². The van der Waals surface area contributed by atoms with Crippen molar-refractivity contribution in [3.8, 4) is 0 Å². The lowest BCUT2D eigenvalue weighted by Gasteiger charge is -2.36. The Hall–Kier alpha value is -1.79. The first-order chi connectivity index (χ1) is 10.5. The van der Waals surface area contributed by atoms with Crippen molar-refractivity contribution in [3.05, 3.63) is 23.4 Å². The fourth-order valence-corrected chi connectivity index (χ4v) is 2.95. The summed E-state index contributed by atoms with van der Waals surface area (Å²) in [7, 11) is 3.58. The lowest BCUT2D eigenvalue weighted by molar-refractivity contribution is -0.129. The van der Waals surface area contributed by atoms with Crippen LogP contribution in [0, 0.1) is 0 Å². The van der Waals surface area contributed by atoms with E-state index in [1.165, 1.54) is 0 Å². The third-order valence-electron chi connectivity index (χ3n) is 4.07. The third-order valence-corrected chi connectivity index (χ3v) is 4.29. The van der Waals surface area contributed by atoms with E-state index < -0.39 is 0 Å². The number of aromatic amines is 1. The van der Waals surface area contributed by atoms with Crippen molar-refractivity contribution in [3.63, 3.8) is 0 Å². The monoisotopic (exact) mass is 321 g/mol. The number of anilines is 1. The van der Waals surface area contributed by atoms with E-state index in [1.807, 2.05) is 18.3 Å². The van der Waals surface area contributed by atoms with Gasteiger partial charge in [-0.2, -0.15) is 5.10 Å². The lowest BCUT2D eigenvalue weighted by Crippen LogP contribution is -2.49. The number of carbonyl (C=O) groups excluding carboxylic acids is 1. The average molecular weight is 322 g/mol. The zero-order valence-electron chi connectivity index (χ0n) is 12.8. The van der Waals surface area contributed by atoms with Gasteiger partial charge in [-0.25, -0.2) is 0 Å². The molecule has 0 saturated carbocycles. The number of aromatic nitrogens is 2. The van der Waals surface area contributed by atoms with Crippen LogP contribution < -0.4 is 4.90 Å². The number of amides is 1. The highest BCUT2D eigenvalue weighted by Crippen LogP contribution is 2.30. The van der Waals surface area contributed by atoms with Crippen LogP contribution in [0.1, 0.15) is 0 Å². The number of nitrogens with one attached hydrogen (secondary N) is 1. The Balaban J connectivity index is 1.70. The summed E-state index contributed by atoms with van der Waals surface area (Å²) in [4.78, 5) is 17.9. The Morgan fingerprint density at radius 2 is 2.05 bits per heavy atom. The molecule has 1 fully saturated rings. The number of hydrogen-bond acceptors (Lipinski definition) is 4. The molecule has 1 aromatic heterocycles. The van der Waals surface area contributed by atoms with Crippen LogP contribution in [0.2, 0.25) is 5.02 Å². The molecule has 1 aliphatic heterocycles. The normalized spacial score (nSPS) is 16.2. The van der Waals surface area contributed by atoms with Gasteiger partial charge >= 0.3 is 0 Å². The van der Waals surface area contributed by atoms with Crippen LogP contribution in [0.5, 0.6) is 0 Å². The highest BCUT2D eigenvalue weighted by Gasteiger charge is 2.21. The predicted molar refractivity (Wildman–Crippen MR) is 88.5 cm³/mol. The number of rotatable bonds is 3. The molecule has 0 bridgehead atoms. The van der Waals surface area contributed by atoms with Gasteiger partial charge in [-0.3, -0.25) is 14.8 Å². The molecule has 2 aromatic rings. The summed E-state index contributed by atoms with van der Waals surface area (Å²) in [6.45, 7) is 3.97. The molecule has 1 saturated heterocycles. The van der Waals surface area contributed by atoms with Gasteiger partial charge in [0.05, 0.1) is 18.3 Å². The number of H-pyrrole nitrogens is 1. The Morgan fingerprint density at radius 1 is 1.32 bits per heavy atom. The van der Waals surface area contributed by atoms with Gasteiger partial charge in [0, 0.05) is 56.4 Å². The molecule has 1 aliphatic rings. The summed E-state index contributed by atoms with van der Waals surface area (Å²) in [5.74, 6) is 0.147. The third kappa shape index (κ3) is 3.03. The first-order valence-electron chi connectivity index (χ1n) is 7.34. The van der Waals surface area contributed by atoms with Gasteiger partial charge in [-0.05, 0) is 12.1 Å².